The van der Waals surface area contributed by atoms with E-state index in [9.17, 15) is 10.2 Å². The van der Waals surface area contributed by atoms with Gasteiger partial charge in [-0.05, 0) is 61.0 Å². The third kappa shape index (κ3) is 3.37. The first kappa shape index (κ1) is 15.2. The summed E-state index contributed by atoms with van der Waals surface area (Å²) in [7, 11) is 0. The van der Waals surface area contributed by atoms with Crippen LogP contribution in [0, 0.1) is 0 Å². The molecule has 0 unspecified atom stereocenters. The van der Waals surface area contributed by atoms with Crippen LogP contribution in [0.15, 0.2) is 54.6 Å². The Kier molecular flexibility index (Phi) is 4.33. The average molecular weight is 308 g/mol. The molecule has 4 nitrogen and oxygen atoms in total. The maximum absolute atomic E-state index is 9.48. The molecule has 1 aromatic heterocycles. The summed E-state index contributed by atoms with van der Waals surface area (Å²) in [6.07, 6.45) is 2.16. The molecule has 0 fully saturated rings. The van der Waals surface area contributed by atoms with Crippen molar-refractivity contribution in [2.45, 2.75) is 26.3 Å². The molecule has 0 radical (unpaired) electrons. The molecule has 0 bridgehead atoms. The number of phenolic OH excluding ortho intramolecular Hbond substituents is 2. The number of nitrogens with zero attached hydrogens (tertiary/aromatic N) is 2. The van der Waals surface area contributed by atoms with Gasteiger partial charge >= 0.3 is 0 Å². The number of aromatic nitrogens is 2. The molecule has 0 aliphatic heterocycles. The Morgan fingerprint density at radius 1 is 0.870 bits per heavy atom. The highest BCUT2D eigenvalue weighted by molar-refractivity contribution is 5.69. The van der Waals surface area contributed by atoms with Crippen LogP contribution in [0.2, 0.25) is 0 Å². The molecule has 3 rings (SSSR count). The van der Waals surface area contributed by atoms with Crippen molar-refractivity contribution in [2.75, 3.05) is 0 Å². The molecule has 2 aromatic carbocycles. The Hall–Kier alpha value is -2.75. The molecule has 0 spiro atoms. The normalized spacial score (nSPS) is 10.8. The van der Waals surface area contributed by atoms with Crippen molar-refractivity contribution < 1.29 is 10.2 Å². The first-order valence-corrected chi connectivity index (χ1v) is 7.84. The topological polar surface area (TPSA) is 58.3 Å². The Balaban J connectivity index is 2.02. The van der Waals surface area contributed by atoms with Crippen LogP contribution >= 0.6 is 0 Å². The van der Waals surface area contributed by atoms with E-state index in [1.807, 2.05) is 28.9 Å². The van der Waals surface area contributed by atoms with E-state index in [-0.39, 0.29) is 11.5 Å². The minimum Gasteiger partial charge on any atom is -0.508 e. The molecular formula is C19H20N2O2. The molecule has 118 valence electrons. The van der Waals surface area contributed by atoms with Gasteiger partial charge < -0.3 is 10.2 Å². The molecule has 3 aromatic rings. The first-order valence-electron chi connectivity index (χ1n) is 7.84. The highest BCUT2D eigenvalue weighted by Crippen LogP contribution is 2.28. The van der Waals surface area contributed by atoms with E-state index < -0.39 is 0 Å². The number of rotatable bonds is 5. The summed E-state index contributed by atoms with van der Waals surface area (Å²) in [5.41, 5.74) is 3.90. The van der Waals surface area contributed by atoms with E-state index in [4.69, 9.17) is 5.10 Å². The van der Waals surface area contributed by atoms with Crippen LogP contribution in [0.1, 0.15) is 19.8 Å². The van der Waals surface area contributed by atoms with E-state index in [0.717, 1.165) is 41.9 Å². The quantitative estimate of drug-likeness (QED) is 0.733. The van der Waals surface area contributed by atoms with Crippen LogP contribution in [0.25, 0.3) is 22.5 Å². The van der Waals surface area contributed by atoms with E-state index in [0.29, 0.717) is 0 Å². The molecular weight excluding hydrogens is 288 g/mol. The second-order valence-electron chi connectivity index (χ2n) is 5.59. The van der Waals surface area contributed by atoms with Crippen LogP contribution < -0.4 is 0 Å². The molecule has 0 amide bonds. The monoisotopic (exact) mass is 308 g/mol. The molecule has 4 heteroatoms. The third-order valence-electron chi connectivity index (χ3n) is 3.83. The Morgan fingerprint density at radius 2 is 1.43 bits per heavy atom. The van der Waals surface area contributed by atoms with Crippen molar-refractivity contribution in [3.8, 4) is 34.0 Å². The summed E-state index contributed by atoms with van der Waals surface area (Å²) >= 11 is 0. The molecule has 0 aliphatic rings. The van der Waals surface area contributed by atoms with Crippen LogP contribution in [-0.2, 0) is 6.54 Å². The largest absolute Gasteiger partial charge is 0.508 e. The van der Waals surface area contributed by atoms with E-state index in [1.54, 1.807) is 24.3 Å². The number of aromatic hydroxyl groups is 2. The maximum Gasteiger partial charge on any atom is 0.115 e. The lowest BCUT2D eigenvalue weighted by Gasteiger charge is -2.06. The predicted molar refractivity (Wildman–Crippen MR) is 91.3 cm³/mol. The zero-order chi connectivity index (χ0) is 16.2. The van der Waals surface area contributed by atoms with Gasteiger partial charge in [0, 0.05) is 17.7 Å². The summed E-state index contributed by atoms with van der Waals surface area (Å²) in [4.78, 5) is 0. The van der Waals surface area contributed by atoms with E-state index in [1.165, 1.54) is 0 Å². The van der Waals surface area contributed by atoms with Gasteiger partial charge in [-0.2, -0.15) is 5.10 Å². The van der Waals surface area contributed by atoms with Crippen LogP contribution in [0.5, 0.6) is 11.5 Å². The molecule has 23 heavy (non-hydrogen) atoms. The van der Waals surface area contributed by atoms with Crippen LogP contribution in [-0.4, -0.2) is 20.0 Å². The van der Waals surface area contributed by atoms with Crippen LogP contribution in [0.3, 0.4) is 0 Å². The predicted octanol–water partition coefficient (Wildman–Crippen LogP) is 4.43. The average Bonchev–Trinajstić information content (AvgIpc) is 2.98. The lowest BCUT2D eigenvalue weighted by atomic mass is 10.1. The molecule has 0 aliphatic carbocycles. The summed E-state index contributed by atoms with van der Waals surface area (Å²) < 4.78 is 2.01. The zero-order valence-corrected chi connectivity index (χ0v) is 13.1. The Labute approximate surface area is 135 Å². The van der Waals surface area contributed by atoms with Crippen LogP contribution in [0.4, 0.5) is 0 Å². The number of hydrogen-bond acceptors (Lipinski definition) is 3. The standard InChI is InChI=1S/C19H20N2O2/c1-2-3-12-21-19(15-6-10-17(23)11-7-15)13-18(20-21)14-4-8-16(22)9-5-14/h4-11,13,22-23H,2-3,12H2,1H3. The van der Waals surface area contributed by atoms with Crippen molar-refractivity contribution in [1.29, 1.82) is 0 Å². The highest BCUT2D eigenvalue weighted by Gasteiger charge is 2.11. The smallest absolute Gasteiger partial charge is 0.115 e. The van der Waals surface area contributed by atoms with Crippen molar-refractivity contribution in [1.82, 2.24) is 9.78 Å². The van der Waals surface area contributed by atoms with Crippen molar-refractivity contribution in [2.24, 2.45) is 0 Å². The van der Waals surface area contributed by atoms with Gasteiger partial charge in [0.25, 0.3) is 0 Å². The Bertz CT molecular complexity index is 774. The third-order valence-corrected chi connectivity index (χ3v) is 3.83. The number of unbranched alkanes of at least 4 members (excludes halogenated alkanes) is 1. The summed E-state index contributed by atoms with van der Waals surface area (Å²) in [6.45, 7) is 3.01. The second kappa shape index (κ2) is 6.57. The number of aryl methyl sites for hydroxylation is 1. The van der Waals surface area contributed by atoms with Gasteiger partial charge in [0.15, 0.2) is 0 Å². The van der Waals surface area contributed by atoms with Gasteiger partial charge in [0.2, 0.25) is 0 Å². The molecule has 0 saturated heterocycles. The Morgan fingerprint density at radius 3 is 2.00 bits per heavy atom. The van der Waals surface area contributed by atoms with Gasteiger partial charge in [-0.25, -0.2) is 0 Å². The molecule has 2 N–H and O–H groups in total. The van der Waals surface area contributed by atoms with Crippen molar-refractivity contribution in [3.63, 3.8) is 0 Å². The van der Waals surface area contributed by atoms with E-state index >= 15 is 0 Å². The lowest BCUT2D eigenvalue weighted by molar-refractivity contribution is 0.475. The van der Waals surface area contributed by atoms with Crippen molar-refractivity contribution in [3.05, 3.63) is 54.6 Å². The maximum atomic E-state index is 9.48. The SMILES string of the molecule is CCCCn1nc(-c2ccc(O)cc2)cc1-c1ccc(O)cc1. The second-order valence-corrected chi connectivity index (χ2v) is 5.59. The van der Waals surface area contributed by atoms with Gasteiger partial charge in [-0.3, -0.25) is 4.68 Å². The van der Waals surface area contributed by atoms with Crippen molar-refractivity contribution >= 4 is 0 Å². The molecule has 1 heterocycles. The first-order chi connectivity index (χ1) is 11.2. The van der Waals surface area contributed by atoms with Gasteiger partial charge in [-0.15, -0.1) is 0 Å². The summed E-state index contributed by atoms with van der Waals surface area (Å²) in [5.74, 6) is 0.505. The minimum atomic E-state index is 0.248. The fourth-order valence-corrected chi connectivity index (χ4v) is 2.53. The highest BCUT2D eigenvalue weighted by atomic mass is 16.3. The number of benzene rings is 2. The summed E-state index contributed by atoms with van der Waals surface area (Å²) in [6, 6.07) is 16.3. The number of phenols is 2. The fraction of sp³-hybridized carbons (Fsp3) is 0.211. The van der Waals surface area contributed by atoms with Gasteiger partial charge in [-0.1, -0.05) is 13.3 Å². The van der Waals surface area contributed by atoms with Gasteiger partial charge in [0.1, 0.15) is 11.5 Å². The minimum absolute atomic E-state index is 0.248. The molecule has 0 atom stereocenters. The number of hydrogen-bond donors (Lipinski definition) is 2. The molecule has 0 saturated carbocycles. The lowest BCUT2D eigenvalue weighted by Crippen LogP contribution is -2.02. The fourth-order valence-electron chi connectivity index (χ4n) is 2.53. The van der Waals surface area contributed by atoms with E-state index in [2.05, 4.69) is 13.0 Å². The summed E-state index contributed by atoms with van der Waals surface area (Å²) in [5, 5.41) is 23.6. The zero-order valence-electron chi connectivity index (χ0n) is 13.1. The van der Waals surface area contributed by atoms with Gasteiger partial charge in [0.05, 0.1) is 11.4 Å².